The molecule has 1 fully saturated rings. The molecule has 3 heterocycles. The van der Waals surface area contributed by atoms with Crippen LogP contribution in [0.1, 0.15) is 18.9 Å². The molecule has 1 saturated heterocycles. The maximum Gasteiger partial charge on any atom is 0.230 e. The number of thioether (sulfide) groups is 1. The Bertz CT molecular complexity index is 1130. The molecule has 3 aromatic rings. The smallest absolute Gasteiger partial charge is 0.230 e. The predicted octanol–water partition coefficient (Wildman–Crippen LogP) is 2.37. The zero-order chi connectivity index (χ0) is 21.2. The van der Waals surface area contributed by atoms with Crippen LogP contribution in [0.2, 0.25) is 0 Å². The molecule has 2 aromatic heterocycles. The van der Waals surface area contributed by atoms with Gasteiger partial charge in [-0.1, -0.05) is 42.1 Å². The van der Waals surface area contributed by atoms with Crippen LogP contribution in [0.25, 0.3) is 11.6 Å². The van der Waals surface area contributed by atoms with Crippen molar-refractivity contribution in [3.63, 3.8) is 0 Å². The maximum absolute atomic E-state index is 12.5. The van der Waals surface area contributed by atoms with E-state index in [9.17, 15) is 13.2 Å². The molecule has 1 aromatic carbocycles. The van der Waals surface area contributed by atoms with E-state index < -0.39 is 15.4 Å². The van der Waals surface area contributed by atoms with E-state index in [1.54, 1.807) is 19.3 Å². The number of sulfone groups is 1. The summed E-state index contributed by atoms with van der Waals surface area (Å²) >= 11 is 1.26. The van der Waals surface area contributed by atoms with Gasteiger partial charge in [0.25, 0.3) is 0 Å². The number of furan rings is 1. The molecule has 158 valence electrons. The lowest BCUT2D eigenvalue weighted by atomic mass is 10.0. The van der Waals surface area contributed by atoms with Gasteiger partial charge < -0.3 is 9.73 Å². The molecule has 0 saturated carbocycles. The number of hydrogen-bond donors (Lipinski definition) is 1. The largest absolute Gasteiger partial charge is 0.461 e. The maximum atomic E-state index is 12.5. The number of nitrogens with zero attached hydrogens (tertiary/aromatic N) is 3. The normalized spacial score (nSPS) is 20.3. The molecule has 8 nitrogen and oxygen atoms in total. The SMILES string of the molecule is C[C@]1(NC(=O)CSc2nnc(-c3ccco3)n2Cc2ccccc2)CCS(=O)(=O)C1. The van der Waals surface area contributed by atoms with Crippen LogP contribution in [-0.4, -0.2) is 51.9 Å². The van der Waals surface area contributed by atoms with Crippen molar-refractivity contribution in [1.82, 2.24) is 20.1 Å². The summed E-state index contributed by atoms with van der Waals surface area (Å²) in [6.07, 6.45) is 2.01. The van der Waals surface area contributed by atoms with Crippen LogP contribution in [0, 0.1) is 0 Å². The number of hydrogen-bond acceptors (Lipinski definition) is 7. The zero-order valence-corrected chi connectivity index (χ0v) is 18.1. The summed E-state index contributed by atoms with van der Waals surface area (Å²) in [6.45, 7) is 2.30. The summed E-state index contributed by atoms with van der Waals surface area (Å²) in [7, 11) is -3.09. The number of rotatable bonds is 7. The van der Waals surface area contributed by atoms with Gasteiger partial charge in [-0.25, -0.2) is 8.42 Å². The second kappa shape index (κ2) is 8.27. The van der Waals surface area contributed by atoms with Crippen LogP contribution < -0.4 is 5.32 Å². The second-order valence-corrected chi connectivity index (χ2v) is 10.7. The van der Waals surface area contributed by atoms with E-state index in [0.717, 1.165) is 5.56 Å². The van der Waals surface area contributed by atoms with E-state index in [4.69, 9.17) is 4.42 Å². The summed E-state index contributed by atoms with van der Waals surface area (Å²) in [4.78, 5) is 12.5. The van der Waals surface area contributed by atoms with Crippen molar-refractivity contribution in [2.24, 2.45) is 0 Å². The average molecular weight is 447 g/mol. The van der Waals surface area contributed by atoms with E-state index in [2.05, 4.69) is 15.5 Å². The number of benzene rings is 1. The number of aromatic nitrogens is 3. The molecule has 0 aliphatic carbocycles. The fourth-order valence-electron chi connectivity index (χ4n) is 3.50. The molecule has 30 heavy (non-hydrogen) atoms. The fourth-order valence-corrected chi connectivity index (χ4v) is 6.33. The van der Waals surface area contributed by atoms with Crippen molar-refractivity contribution < 1.29 is 17.6 Å². The average Bonchev–Trinajstić information content (AvgIpc) is 3.41. The molecular weight excluding hydrogens is 424 g/mol. The minimum absolute atomic E-state index is 0.0246. The van der Waals surface area contributed by atoms with Crippen LogP contribution in [0.4, 0.5) is 0 Å². The molecule has 1 N–H and O–H groups in total. The number of carbonyl (C=O) groups excluding carboxylic acids is 1. The quantitative estimate of drug-likeness (QED) is 0.555. The summed E-state index contributed by atoms with van der Waals surface area (Å²) in [6, 6.07) is 13.5. The summed E-state index contributed by atoms with van der Waals surface area (Å²) in [5, 5.41) is 12.0. The van der Waals surface area contributed by atoms with Crippen molar-refractivity contribution >= 4 is 27.5 Å². The van der Waals surface area contributed by atoms with Gasteiger partial charge in [0.2, 0.25) is 11.7 Å². The lowest BCUT2D eigenvalue weighted by Gasteiger charge is -2.23. The lowest BCUT2D eigenvalue weighted by Crippen LogP contribution is -2.47. The van der Waals surface area contributed by atoms with E-state index in [0.29, 0.717) is 29.7 Å². The molecule has 10 heteroatoms. The van der Waals surface area contributed by atoms with Crippen molar-refractivity contribution in [3.8, 4) is 11.6 Å². The number of carbonyl (C=O) groups is 1. The first-order valence-corrected chi connectivity index (χ1v) is 12.3. The Balaban J connectivity index is 1.49. The van der Waals surface area contributed by atoms with Crippen LogP contribution in [-0.2, 0) is 21.2 Å². The third-order valence-electron chi connectivity index (χ3n) is 4.92. The molecular formula is C20H22N4O4S2. The molecule has 0 spiro atoms. The third-order valence-corrected chi connectivity index (χ3v) is 7.79. The minimum Gasteiger partial charge on any atom is -0.461 e. The van der Waals surface area contributed by atoms with Crippen molar-refractivity contribution in [1.29, 1.82) is 0 Å². The summed E-state index contributed by atoms with van der Waals surface area (Å²) < 4.78 is 30.9. The Morgan fingerprint density at radius 1 is 1.23 bits per heavy atom. The van der Waals surface area contributed by atoms with Crippen molar-refractivity contribution in [2.45, 2.75) is 30.6 Å². The summed E-state index contributed by atoms with van der Waals surface area (Å²) in [5.74, 6) is 1.14. The molecule has 4 rings (SSSR count). The number of nitrogens with one attached hydrogen (secondary N) is 1. The van der Waals surface area contributed by atoms with Crippen molar-refractivity contribution in [2.75, 3.05) is 17.3 Å². The lowest BCUT2D eigenvalue weighted by molar-refractivity contribution is -0.120. The zero-order valence-electron chi connectivity index (χ0n) is 16.4. The van der Waals surface area contributed by atoms with Gasteiger partial charge >= 0.3 is 0 Å². The first kappa shape index (κ1) is 20.7. The fraction of sp³-hybridized carbons (Fsp3) is 0.350. The van der Waals surface area contributed by atoms with Gasteiger partial charge in [-0.3, -0.25) is 9.36 Å². The molecule has 0 unspecified atom stereocenters. The van der Waals surface area contributed by atoms with E-state index in [1.807, 2.05) is 41.0 Å². The Labute approximate surface area is 179 Å². The van der Waals surface area contributed by atoms with Gasteiger partial charge in [0.15, 0.2) is 20.8 Å². The molecule has 0 bridgehead atoms. The van der Waals surface area contributed by atoms with Gasteiger partial charge in [0, 0.05) is 0 Å². The van der Waals surface area contributed by atoms with E-state index in [-0.39, 0.29) is 23.2 Å². The van der Waals surface area contributed by atoms with Crippen molar-refractivity contribution in [3.05, 3.63) is 54.3 Å². The highest BCUT2D eigenvalue weighted by atomic mass is 32.2. The Morgan fingerprint density at radius 2 is 2.03 bits per heavy atom. The first-order valence-electron chi connectivity index (χ1n) is 9.49. The highest BCUT2D eigenvalue weighted by Crippen LogP contribution is 2.26. The first-order chi connectivity index (χ1) is 14.3. The Hall–Kier alpha value is -2.59. The summed E-state index contributed by atoms with van der Waals surface area (Å²) in [5.41, 5.74) is 0.355. The molecule has 1 atom stereocenters. The van der Waals surface area contributed by atoms with E-state index >= 15 is 0 Å². The van der Waals surface area contributed by atoms with Crippen LogP contribution in [0.5, 0.6) is 0 Å². The van der Waals surface area contributed by atoms with Crippen LogP contribution in [0.15, 0.2) is 58.3 Å². The third kappa shape index (κ3) is 4.76. The molecule has 1 aliphatic rings. The Morgan fingerprint density at radius 3 is 2.70 bits per heavy atom. The van der Waals surface area contributed by atoms with Crippen LogP contribution >= 0.6 is 11.8 Å². The van der Waals surface area contributed by atoms with Gasteiger partial charge in [0.1, 0.15) is 0 Å². The topological polar surface area (TPSA) is 107 Å². The molecule has 0 radical (unpaired) electrons. The molecule has 1 amide bonds. The van der Waals surface area contributed by atoms with Gasteiger partial charge in [-0.2, -0.15) is 0 Å². The van der Waals surface area contributed by atoms with Gasteiger partial charge in [0.05, 0.1) is 35.6 Å². The monoisotopic (exact) mass is 446 g/mol. The molecule has 1 aliphatic heterocycles. The van der Waals surface area contributed by atoms with E-state index in [1.165, 1.54) is 11.8 Å². The minimum atomic E-state index is -3.09. The highest BCUT2D eigenvalue weighted by Gasteiger charge is 2.39. The van der Waals surface area contributed by atoms with Crippen LogP contribution in [0.3, 0.4) is 0 Å². The highest BCUT2D eigenvalue weighted by molar-refractivity contribution is 7.99. The second-order valence-electron chi connectivity index (χ2n) is 7.59. The number of amides is 1. The van der Waals surface area contributed by atoms with Gasteiger partial charge in [-0.05, 0) is 31.0 Å². The predicted molar refractivity (Wildman–Crippen MR) is 114 cm³/mol. The standard InChI is InChI=1S/C20H22N4O4S2/c1-20(9-11-30(26,27)14-20)21-17(25)13-29-19-23-22-18(16-8-5-10-28-16)24(19)12-15-6-3-2-4-7-15/h2-8,10H,9,11-14H2,1H3,(H,21,25)/t20-/m0/s1. The van der Waals surface area contributed by atoms with Gasteiger partial charge in [-0.15, -0.1) is 10.2 Å². The Kier molecular flexibility index (Phi) is 5.70.